The maximum atomic E-state index is 12.5. The van der Waals surface area contributed by atoms with Crippen molar-refractivity contribution in [3.05, 3.63) is 22.7 Å². The average molecular weight is 321 g/mol. The number of anilines is 1. The van der Waals surface area contributed by atoms with Crippen molar-refractivity contribution in [1.82, 2.24) is 4.72 Å². The van der Waals surface area contributed by atoms with Crippen molar-refractivity contribution in [1.29, 1.82) is 0 Å². The Morgan fingerprint density at radius 1 is 1.35 bits per heavy atom. The zero-order valence-corrected chi connectivity index (χ0v) is 13.5. The van der Waals surface area contributed by atoms with Gasteiger partial charge in [-0.05, 0) is 37.5 Å². The van der Waals surface area contributed by atoms with Crippen LogP contribution in [0.2, 0.25) is 5.02 Å². The van der Waals surface area contributed by atoms with Gasteiger partial charge in [-0.15, -0.1) is 0 Å². The number of aryl methyl sites for hydroxylation is 1. The van der Waals surface area contributed by atoms with E-state index < -0.39 is 15.6 Å². The molecule has 114 valence electrons. The van der Waals surface area contributed by atoms with Crippen molar-refractivity contribution < 1.29 is 13.5 Å². The summed E-state index contributed by atoms with van der Waals surface area (Å²) in [6.07, 6.45) is 0.975. The largest absolute Gasteiger partial charge is 0.397 e. The number of nitrogens with two attached hydrogens (primary N) is 1. The summed E-state index contributed by atoms with van der Waals surface area (Å²) in [5.74, 6) is 0. The van der Waals surface area contributed by atoms with Gasteiger partial charge in [0.15, 0.2) is 0 Å². The van der Waals surface area contributed by atoms with Crippen LogP contribution in [0.15, 0.2) is 17.0 Å². The van der Waals surface area contributed by atoms with E-state index in [4.69, 9.17) is 17.3 Å². The molecule has 7 heteroatoms. The van der Waals surface area contributed by atoms with E-state index in [9.17, 15) is 13.5 Å². The van der Waals surface area contributed by atoms with Gasteiger partial charge in [0.25, 0.3) is 0 Å². The fraction of sp³-hybridized carbons (Fsp3) is 0.538. The van der Waals surface area contributed by atoms with E-state index in [1.807, 2.05) is 13.8 Å². The fourth-order valence-electron chi connectivity index (χ4n) is 1.95. The highest BCUT2D eigenvalue weighted by molar-refractivity contribution is 7.89. The molecule has 0 fully saturated rings. The Bertz CT molecular complexity index is 575. The van der Waals surface area contributed by atoms with E-state index in [0.29, 0.717) is 23.4 Å². The van der Waals surface area contributed by atoms with Gasteiger partial charge in [0.1, 0.15) is 0 Å². The minimum absolute atomic E-state index is 0.0825. The normalized spacial score (nSPS) is 12.7. The molecule has 0 unspecified atom stereocenters. The van der Waals surface area contributed by atoms with Crippen LogP contribution >= 0.6 is 11.6 Å². The van der Waals surface area contributed by atoms with Crippen molar-refractivity contribution in [2.45, 2.75) is 44.0 Å². The lowest BCUT2D eigenvalue weighted by atomic mass is 9.96. The predicted octanol–water partition coefficient (Wildman–Crippen LogP) is 2.06. The first kappa shape index (κ1) is 17.2. The molecule has 1 aromatic rings. The van der Waals surface area contributed by atoms with Gasteiger partial charge < -0.3 is 10.8 Å². The summed E-state index contributed by atoms with van der Waals surface area (Å²) in [5, 5.41) is 9.80. The first-order valence-corrected chi connectivity index (χ1v) is 8.28. The Balaban J connectivity index is 3.28. The van der Waals surface area contributed by atoms with Crippen LogP contribution in [-0.2, 0) is 10.0 Å². The second-order valence-corrected chi connectivity index (χ2v) is 6.95. The minimum Gasteiger partial charge on any atom is -0.397 e. The van der Waals surface area contributed by atoms with Gasteiger partial charge in [-0.1, -0.05) is 25.4 Å². The number of rotatable bonds is 6. The van der Waals surface area contributed by atoms with E-state index in [1.54, 1.807) is 6.92 Å². The summed E-state index contributed by atoms with van der Waals surface area (Å²) < 4.78 is 27.6. The maximum absolute atomic E-state index is 12.5. The lowest BCUT2D eigenvalue weighted by molar-refractivity contribution is 0.172. The third-order valence-electron chi connectivity index (χ3n) is 3.59. The third-order valence-corrected chi connectivity index (χ3v) is 5.64. The van der Waals surface area contributed by atoms with E-state index >= 15 is 0 Å². The summed E-state index contributed by atoms with van der Waals surface area (Å²) in [7, 11) is -3.77. The first-order chi connectivity index (χ1) is 9.21. The highest BCUT2D eigenvalue weighted by Crippen LogP contribution is 2.27. The molecule has 0 atom stereocenters. The molecule has 5 nitrogen and oxygen atoms in total. The van der Waals surface area contributed by atoms with E-state index in [1.165, 1.54) is 12.1 Å². The number of hydrogen-bond donors (Lipinski definition) is 3. The Morgan fingerprint density at radius 2 is 1.90 bits per heavy atom. The third kappa shape index (κ3) is 3.44. The van der Waals surface area contributed by atoms with E-state index in [-0.39, 0.29) is 17.2 Å². The highest BCUT2D eigenvalue weighted by Gasteiger charge is 2.32. The van der Waals surface area contributed by atoms with Gasteiger partial charge in [-0.25, -0.2) is 13.1 Å². The quantitative estimate of drug-likeness (QED) is 0.699. The molecule has 0 aliphatic carbocycles. The van der Waals surface area contributed by atoms with Crippen molar-refractivity contribution in [3.63, 3.8) is 0 Å². The second-order valence-electron chi connectivity index (χ2n) is 4.89. The SMILES string of the molecule is CCC(CC)(CO)NS(=O)(=O)c1cc(N)c(Cl)cc1C. The van der Waals surface area contributed by atoms with Crippen LogP contribution in [0, 0.1) is 6.92 Å². The Kier molecular flexibility index (Phi) is 5.43. The standard InChI is InChI=1S/C13H21ClN2O3S/c1-4-13(5-2,8-17)16-20(18,19)12-7-11(15)10(14)6-9(12)3/h6-7,16-17H,4-5,8,15H2,1-3H3. The predicted molar refractivity (Wildman–Crippen MR) is 81.3 cm³/mol. The molecule has 0 saturated heterocycles. The van der Waals surface area contributed by atoms with Crippen molar-refractivity contribution in [3.8, 4) is 0 Å². The zero-order valence-electron chi connectivity index (χ0n) is 11.9. The zero-order chi connectivity index (χ0) is 15.6. The van der Waals surface area contributed by atoms with Gasteiger partial charge in [-0.2, -0.15) is 0 Å². The summed E-state index contributed by atoms with van der Waals surface area (Å²) >= 11 is 5.87. The molecule has 0 bridgehead atoms. The van der Waals surface area contributed by atoms with Gasteiger partial charge in [-0.3, -0.25) is 0 Å². The number of aliphatic hydroxyl groups is 1. The summed E-state index contributed by atoms with van der Waals surface area (Å²) in [4.78, 5) is 0.0825. The van der Waals surface area contributed by atoms with Crippen molar-refractivity contribution >= 4 is 27.3 Å². The molecular weight excluding hydrogens is 300 g/mol. The van der Waals surface area contributed by atoms with Crippen LogP contribution in [-0.4, -0.2) is 25.7 Å². The van der Waals surface area contributed by atoms with Crippen molar-refractivity contribution in [2.75, 3.05) is 12.3 Å². The number of aliphatic hydroxyl groups excluding tert-OH is 1. The number of hydrogen-bond acceptors (Lipinski definition) is 4. The molecule has 1 rings (SSSR count). The van der Waals surface area contributed by atoms with Gasteiger partial charge in [0, 0.05) is 0 Å². The molecular formula is C13H21ClN2O3S. The summed E-state index contributed by atoms with van der Waals surface area (Å²) in [6, 6.07) is 2.86. The summed E-state index contributed by atoms with van der Waals surface area (Å²) in [6.45, 7) is 5.04. The van der Waals surface area contributed by atoms with Crippen LogP contribution in [0.1, 0.15) is 32.3 Å². The Labute approximate surface area is 125 Å². The van der Waals surface area contributed by atoms with Gasteiger partial charge in [0.2, 0.25) is 10.0 Å². The lowest BCUT2D eigenvalue weighted by Crippen LogP contribution is -2.50. The molecule has 20 heavy (non-hydrogen) atoms. The first-order valence-electron chi connectivity index (χ1n) is 6.42. The van der Waals surface area contributed by atoms with Gasteiger partial charge >= 0.3 is 0 Å². The Hall–Kier alpha value is -0.820. The van der Waals surface area contributed by atoms with Crippen LogP contribution < -0.4 is 10.5 Å². The lowest BCUT2D eigenvalue weighted by Gasteiger charge is -2.30. The molecule has 0 heterocycles. The van der Waals surface area contributed by atoms with Crippen LogP contribution in [0.5, 0.6) is 0 Å². The molecule has 0 aliphatic rings. The summed E-state index contributed by atoms with van der Waals surface area (Å²) in [5.41, 5.74) is 5.53. The van der Waals surface area contributed by atoms with E-state index in [2.05, 4.69) is 4.72 Å². The second kappa shape index (κ2) is 6.30. The molecule has 0 aliphatic heterocycles. The number of nitrogen functional groups attached to an aromatic ring is 1. The van der Waals surface area contributed by atoms with Gasteiger partial charge in [0.05, 0.1) is 27.8 Å². The molecule has 1 aromatic carbocycles. The smallest absolute Gasteiger partial charge is 0.241 e. The van der Waals surface area contributed by atoms with Crippen LogP contribution in [0.25, 0.3) is 0 Å². The maximum Gasteiger partial charge on any atom is 0.241 e. The number of benzene rings is 1. The highest BCUT2D eigenvalue weighted by atomic mass is 35.5. The van der Waals surface area contributed by atoms with Crippen molar-refractivity contribution in [2.24, 2.45) is 0 Å². The monoisotopic (exact) mass is 320 g/mol. The van der Waals surface area contributed by atoms with E-state index in [0.717, 1.165) is 0 Å². The average Bonchev–Trinajstić information content (AvgIpc) is 2.40. The topological polar surface area (TPSA) is 92.4 Å². The number of nitrogens with one attached hydrogen (secondary N) is 1. The van der Waals surface area contributed by atoms with Crippen LogP contribution in [0.3, 0.4) is 0 Å². The molecule has 0 spiro atoms. The molecule has 0 aromatic heterocycles. The van der Waals surface area contributed by atoms with Crippen LogP contribution in [0.4, 0.5) is 5.69 Å². The molecule has 0 amide bonds. The molecule has 4 N–H and O–H groups in total. The molecule has 0 saturated carbocycles. The fourth-order valence-corrected chi connectivity index (χ4v) is 3.96. The minimum atomic E-state index is -3.77. The molecule has 0 radical (unpaired) electrons. The number of halogens is 1. The Morgan fingerprint density at radius 3 is 2.35 bits per heavy atom. The number of sulfonamides is 1.